The van der Waals surface area contributed by atoms with Gasteiger partial charge in [-0.05, 0) is 31.1 Å². The van der Waals surface area contributed by atoms with Gasteiger partial charge < -0.3 is 15.3 Å². The van der Waals surface area contributed by atoms with Crippen LogP contribution in [0.3, 0.4) is 0 Å². The predicted octanol–water partition coefficient (Wildman–Crippen LogP) is 0.134. The molecule has 2 unspecified atom stereocenters. The largest absolute Gasteiger partial charge is 0.396 e. The lowest BCUT2D eigenvalue weighted by Gasteiger charge is -2.19. The molecule has 1 heterocycles. The molecule has 2 amide bonds. The van der Waals surface area contributed by atoms with Gasteiger partial charge in [-0.1, -0.05) is 6.42 Å². The number of amides is 2. The van der Waals surface area contributed by atoms with Crippen LogP contribution in [0.15, 0.2) is 0 Å². The molecule has 5 heteroatoms. The molecule has 2 fully saturated rings. The van der Waals surface area contributed by atoms with E-state index in [0.717, 1.165) is 25.7 Å². The highest BCUT2D eigenvalue weighted by molar-refractivity contribution is 5.85. The molecule has 18 heavy (non-hydrogen) atoms. The Morgan fingerprint density at radius 2 is 2.11 bits per heavy atom. The molecular weight excluding hydrogens is 232 g/mol. The summed E-state index contributed by atoms with van der Waals surface area (Å²) < 4.78 is 0. The number of hydrogen-bond acceptors (Lipinski definition) is 3. The predicted molar refractivity (Wildman–Crippen MR) is 66.7 cm³/mol. The smallest absolute Gasteiger partial charge is 0.239 e. The van der Waals surface area contributed by atoms with Crippen molar-refractivity contribution in [2.75, 3.05) is 26.2 Å². The number of rotatable bonds is 5. The second-order valence-corrected chi connectivity index (χ2v) is 5.36. The first-order valence-corrected chi connectivity index (χ1v) is 6.86. The quantitative estimate of drug-likeness (QED) is 0.733. The van der Waals surface area contributed by atoms with Crippen molar-refractivity contribution in [2.45, 2.75) is 32.1 Å². The molecule has 2 rings (SSSR count). The van der Waals surface area contributed by atoms with E-state index in [1.165, 1.54) is 0 Å². The van der Waals surface area contributed by atoms with Gasteiger partial charge in [-0.15, -0.1) is 0 Å². The first-order chi connectivity index (χ1) is 8.70. The van der Waals surface area contributed by atoms with E-state index in [9.17, 15) is 14.7 Å². The fourth-order valence-corrected chi connectivity index (χ4v) is 2.97. The number of likely N-dealkylation sites (tertiary alicyclic amines) is 1. The van der Waals surface area contributed by atoms with Crippen molar-refractivity contribution in [1.82, 2.24) is 10.2 Å². The molecule has 0 aromatic heterocycles. The van der Waals surface area contributed by atoms with Crippen molar-refractivity contribution in [3.8, 4) is 0 Å². The summed E-state index contributed by atoms with van der Waals surface area (Å²) in [4.78, 5) is 24.7. The highest BCUT2D eigenvalue weighted by Gasteiger charge is 2.27. The van der Waals surface area contributed by atoms with Crippen LogP contribution < -0.4 is 5.32 Å². The van der Waals surface area contributed by atoms with Crippen LogP contribution in [0.4, 0.5) is 0 Å². The monoisotopic (exact) mass is 254 g/mol. The lowest BCUT2D eigenvalue weighted by molar-refractivity contribution is -0.133. The first-order valence-electron chi connectivity index (χ1n) is 6.86. The second-order valence-electron chi connectivity index (χ2n) is 5.36. The molecule has 1 saturated heterocycles. The minimum atomic E-state index is -0.0751. The third kappa shape index (κ3) is 3.22. The Morgan fingerprint density at radius 1 is 1.33 bits per heavy atom. The zero-order valence-corrected chi connectivity index (χ0v) is 10.7. The minimum Gasteiger partial charge on any atom is -0.396 e. The molecule has 1 saturated carbocycles. The highest BCUT2D eigenvalue weighted by atomic mass is 16.3. The number of carbonyl (C=O) groups excluding carboxylic acids is 2. The summed E-state index contributed by atoms with van der Waals surface area (Å²) in [6, 6.07) is 0. The normalized spacial score (nSPS) is 27.8. The van der Waals surface area contributed by atoms with E-state index in [1.807, 2.05) is 0 Å². The van der Waals surface area contributed by atoms with Gasteiger partial charge in [0.25, 0.3) is 0 Å². The lowest BCUT2D eigenvalue weighted by atomic mass is 9.97. The van der Waals surface area contributed by atoms with Crippen molar-refractivity contribution in [3.63, 3.8) is 0 Å². The first kappa shape index (κ1) is 13.3. The molecule has 0 bridgehead atoms. The molecule has 0 spiro atoms. The minimum absolute atomic E-state index is 0.0751. The molecule has 2 N–H and O–H groups in total. The number of nitrogens with one attached hydrogen (secondary N) is 1. The van der Waals surface area contributed by atoms with Crippen LogP contribution >= 0.6 is 0 Å². The van der Waals surface area contributed by atoms with Gasteiger partial charge in [0.1, 0.15) is 0 Å². The fraction of sp³-hybridized carbons (Fsp3) is 0.846. The molecule has 102 valence electrons. The van der Waals surface area contributed by atoms with E-state index < -0.39 is 0 Å². The number of nitrogens with zero attached hydrogens (tertiary/aromatic N) is 1. The van der Waals surface area contributed by atoms with Crippen molar-refractivity contribution in [2.24, 2.45) is 11.8 Å². The van der Waals surface area contributed by atoms with E-state index in [0.29, 0.717) is 31.3 Å². The van der Waals surface area contributed by atoms with Crippen LogP contribution in [0.2, 0.25) is 0 Å². The van der Waals surface area contributed by atoms with Crippen LogP contribution in [-0.4, -0.2) is 48.1 Å². The molecule has 0 radical (unpaired) electrons. The van der Waals surface area contributed by atoms with E-state index in [1.54, 1.807) is 4.90 Å². The number of carbonyl (C=O) groups is 2. The maximum absolute atomic E-state index is 11.7. The second kappa shape index (κ2) is 6.18. The molecule has 1 aliphatic heterocycles. The SMILES string of the molecule is O=C(CN1CCCC1=O)NCC1CCCC1CO. The van der Waals surface area contributed by atoms with Crippen LogP contribution in [0.5, 0.6) is 0 Å². The Hall–Kier alpha value is -1.10. The van der Waals surface area contributed by atoms with E-state index in [-0.39, 0.29) is 25.0 Å². The fourth-order valence-electron chi connectivity index (χ4n) is 2.97. The van der Waals surface area contributed by atoms with Crippen LogP contribution in [0.25, 0.3) is 0 Å². The molecule has 2 aliphatic rings. The highest BCUT2D eigenvalue weighted by Crippen LogP contribution is 2.30. The maximum Gasteiger partial charge on any atom is 0.239 e. The Bertz CT molecular complexity index is 319. The Labute approximate surface area is 108 Å². The lowest BCUT2D eigenvalue weighted by Crippen LogP contribution is -2.40. The van der Waals surface area contributed by atoms with Crippen molar-refractivity contribution < 1.29 is 14.7 Å². The van der Waals surface area contributed by atoms with E-state index in [4.69, 9.17) is 0 Å². The summed E-state index contributed by atoms with van der Waals surface area (Å²) in [6.07, 6.45) is 4.70. The van der Waals surface area contributed by atoms with Crippen molar-refractivity contribution in [1.29, 1.82) is 0 Å². The summed E-state index contributed by atoms with van der Waals surface area (Å²) in [5.74, 6) is 0.736. The average molecular weight is 254 g/mol. The molecular formula is C13H22N2O3. The van der Waals surface area contributed by atoms with Crippen molar-refractivity contribution >= 4 is 11.8 Å². The van der Waals surface area contributed by atoms with Gasteiger partial charge in [-0.2, -0.15) is 0 Å². The summed E-state index contributed by atoms with van der Waals surface area (Å²) in [5.41, 5.74) is 0. The topological polar surface area (TPSA) is 69.6 Å². The number of aliphatic hydroxyl groups excluding tert-OH is 1. The molecule has 2 atom stereocenters. The van der Waals surface area contributed by atoms with Crippen molar-refractivity contribution in [3.05, 3.63) is 0 Å². The van der Waals surface area contributed by atoms with Gasteiger partial charge in [0.05, 0.1) is 6.54 Å². The van der Waals surface area contributed by atoms with Gasteiger partial charge in [0.2, 0.25) is 11.8 Å². The third-order valence-corrected chi connectivity index (χ3v) is 4.12. The molecule has 0 aromatic carbocycles. The van der Waals surface area contributed by atoms with Gasteiger partial charge >= 0.3 is 0 Å². The van der Waals surface area contributed by atoms with Crippen LogP contribution in [0.1, 0.15) is 32.1 Å². The van der Waals surface area contributed by atoms with Gasteiger partial charge in [0.15, 0.2) is 0 Å². The van der Waals surface area contributed by atoms with E-state index in [2.05, 4.69) is 5.32 Å². The van der Waals surface area contributed by atoms with Gasteiger partial charge in [-0.25, -0.2) is 0 Å². The molecule has 5 nitrogen and oxygen atoms in total. The Balaban J connectivity index is 1.69. The summed E-state index contributed by atoms with van der Waals surface area (Å²) >= 11 is 0. The van der Waals surface area contributed by atoms with Crippen LogP contribution in [-0.2, 0) is 9.59 Å². The summed E-state index contributed by atoms with van der Waals surface area (Å²) in [6.45, 7) is 1.74. The average Bonchev–Trinajstić information content (AvgIpc) is 2.96. The number of aliphatic hydroxyl groups is 1. The summed E-state index contributed by atoms with van der Waals surface area (Å²) in [5, 5.41) is 12.1. The Kier molecular flexibility index (Phi) is 4.58. The molecule has 1 aliphatic carbocycles. The molecule has 0 aromatic rings. The number of hydrogen-bond donors (Lipinski definition) is 2. The zero-order chi connectivity index (χ0) is 13.0. The van der Waals surface area contributed by atoms with Gasteiger partial charge in [-0.3, -0.25) is 9.59 Å². The van der Waals surface area contributed by atoms with E-state index >= 15 is 0 Å². The maximum atomic E-state index is 11.7. The van der Waals surface area contributed by atoms with Crippen LogP contribution in [0, 0.1) is 11.8 Å². The zero-order valence-electron chi connectivity index (χ0n) is 10.7. The summed E-state index contributed by atoms with van der Waals surface area (Å²) in [7, 11) is 0. The third-order valence-electron chi connectivity index (χ3n) is 4.12. The van der Waals surface area contributed by atoms with Gasteiger partial charge in [0, 0.05) is 26.1 Å². The standard InChI is InChI=1S/C13H22N2O3/c16-9-11-4-1-3-10(11)7-14-12(17)8-15-6-2-5-13(15)18/h10-11,16H,1-9H2,(H,14,17). The Morgan fingerprint density at radius 3 is 2.78 bits per heavy atom.